The monoisotopic (exact) mass is 219 g/mol. The molecule has 0 aliphatic heterocycles. The smallest absolute Gasteiger partial charge is 0.313 e. The molecule has 0 radical (unpaired) electrons. The minimum Gasteiger partial charge on any atom is -0.466 e. The number of hydrogen-bond acceptors (Lipinski definition) is 3. The molecular weight excluding hydrogens is 204 g/mol. The zero-order chi connectivity index (χ0) is 11.3. The molecule has 2 rings (SSSR count). The number of esters is 1. The normalized spacial score (nSPS) is 41.1. The molecule has 0 aromatic heterocycles. The van der Waals surface area contributed by atoms with E-state index in [1.165, 1.54) is 0 Å². The summed E-state index contributed by atoms with van der Waals surface area (Å²) in [7, 11) is 0. The van der Waals surface area contributed by atoms with E-state index in [0.29, 0.717) is 0 Å². The molecule has 86 valence electrons. The van der Waals surface area contributed by atoms with Crippen LogP contribution in [0.2, 0.25) is 0 Å². The Hall–Kier alpha value is -0.710. The lowest BCUT2D eigenvalue weighted by Gasteiger charge is -2.27. The summed E-state index contributed by atoms with van der Waals surface area (Å²) in [5, 5.41) is 0. The van der Waals surface area contributed by atoms with Crippen molar-refractivity contribution in [1.29, 1.82) is 0 Å². The minimum atomic E-state index is -2.56. The van der Waals surface area contributed by atoms with E-state index in [1.54, 1.807) is 6.92 Å². The highest BCUT2D eigenvalue weighted by Crippen LogP contribution is 2.69. The van der Waals surface area contributed by atoms with Crippen LogP contribution in [0.5, 0.6) is 0 Å². The summed E-state index contributed by atoms with van der Waals surface area (Å²) < 4.78 is 30.8. The third-order valence-corrected chi connectivity index (χ3v) is 3.69. The molecule has 2 atom stereocenters. The van der Waals surface area contributed by atoms with Gasteiger partial charge in [0.15, 0.2) is 0 Å². The molecule has 0 spiro atoms. The molecule has 2 aliphatic carbocycles. The number of nitrogens with two attached hydrogens (primary N) is 1. The fourth-order valence-corrected chi connectivity index (χ4v) is 2.64. The molecule has 0 saturated heterocycles. The molecule has 0 heterocycles. The average molecular weight is 219 g/mol. The van der Waals surface area contributed by atoms with Gasteiger partial charge < -0.3 is 10.5 Å². The van der Waals surface area contributed by atoms with Crippen LogP contribution in [0.15, 0.2) is 0 Å². The second-order valence-corrected chi connectivity index (χ2v) is 4.50. The first-order valence-corrected chi connectivity index (χ1v) is 5.23. The quantitative estimate of drug-likeness (QED) is 0.725. The lowest BCUT2D eigenvalue weighted by molar-refractivity contribution is -0.156. The summed E-state index contributed by atoms with van der Waals surface area (Å²) in [4.78, 5) is 11.6. The van der Waals surface area contributed by atoms with Crippen molar-refractivity contribution >= 4 is 5.97 Å². The van der Waals surface area contributed by atoms with Gasteiger partial charge in [-0.05, 0) is 19.8 Å². The van der Waals surface area contributed by atoms with Gasteiger partial charge in [0, 0.05) is 18.4 Å². The number of fused-ring (bicyclic) bond motifs is 1. The van der Waals surface area contributed by atoms with Crippen LogP contribution in [0.4, 0.5) is 8.78 Å². The molecule has 0 amide bonds. The van der Waals surface area contributed by atoms with Gasteiger partial charge in [-0.3, -0.25) is 4.79 Å². The van der Waals surface area contributed by atoms with Crippen LogP contribution in [-0.4, -0.2) is 25.0 Å². The maximum Gasteiger partial charge on any atom is 0.313 e. The second-order valence-electron chi connectivity index (χ2n) is 4.50. The van der Waals surface area contributed by atoms with Gasteiger partial charge in [0.25, 0.3) is 5.92 Å². The third kappa shape index (κ3) is 1.36. The number of alkyl halides is 2. The first kappa shape index (κ1) is 10.8. The largest absolute Gasteiger partial charge is 0.466 e. The predicted octanol–water partition coefficient (Wildman–Crippen LogP) is 1.17. The number of ether oxygens (including phenoxy) is 1. The second kappa shape index (κ2) is 3.14. The van der Waals surface area contributed by atoms with Gasteiger partial charge in [-0.15, -0.1) is 0 Å². The van der Waals surface area contributed by atoms with E-state index in [9.17, 15) is 13.6 Å². The van der Waals surface area contributed by atoms with Crippen molar-refractivity contribution < 1.29 is 18.3 Å². The Balaban J connectivity index is 2.06. The van der Waals surface area contributed by atoms with Gasteiger partial charge in [0.1, 0.15) is 0 Å². The van der Waals surface area contributed by atoms with Crippen molar-refractivity contribution in [3.63, 3.8) is 0 Å². The molecule has 2 fully saturated rings. The summed E-state index contributed by atoms with van der Waals surface area (Å²) >= 11 is 0. The van der Waals surface area contributed by atoms with Crippen molar-refractivity contribution in [3.05, 3.63) is 0 Å². The average Bonchev–Trinajstić information content (AvgIpc) is 2.61. The molecule has 2 N–H and O–H groups in total. The lowest BCUT2D eigenvalue weighted by Crippen LogP contribution is -2.40. The molecule has 3 nitrogen and oxygen atoms in total. The van der Waals surface area contributed by atoms with Crippen LogP contribution in [0.1, 0.15) is 19.8 Å². The Bertz CT molecular complexity index is 279. The number of halogens is 2. The molecule has 15 heavy (non-hydrogen) atoms. The number of hydrogen-bond donors (Lipinski definition) is 1. The van der Waals surface area contributed by atoms with Crippen LogP contribution in [-0.2, 0) is 9.53 Å². The van der Waals surface area contributed by atoms with Crippen molar-refractivity contribution in [1.82, 2.24) is 0 Å². The summed E-state index contributed by atoms with van der Waals surface area (Å²) in [5.74, 6) is -4.27. The summed E-state index contributed by atoms with van der Waals surface area (Å²) in [6, 6.07) is 0. The van der Waals surface area contributed by atoms with E-state index in [1.807, 2.05) is 0 Å². The van der Waals surface area contributed by atoms with Gasteiger partial charge in [0.05, 0.1) is 12.0 Å². The highest BCUT2D eigenvalue weighted by Gasteiger charge is 2.76. The van der Waals surface area contributed by atoms with Crippen LogP contribution in [0.25, 0.3) is 0 Å². The van der Waals surface area contributed by atoms with Crippen LogP contribution < -0.4 is 5.73 Å². The lowest BCUT2D eigenvalue weighted by atomic mass is 9.82. The van der Waals surface area contributed by atoms with Gasteiger partial charge in [-0.2, -0.15) is 0 Å². The Morgan fingerprint density at radius 1 is 1.47 bits per heavy atom. The zero-order valence-corrected chi connectivity index (χ0v) is 8.63. The highest BCUT2D eigenvalue weighted by molar-refractivity contribution is 5.78. The van der Waals surface area contributed by atoms with E-state index < -0.39 is 29.1 Å². The van der Waals surface area contributed by atoms with Crippen LogP contribution in [0.3, 0.4) is 0 Å². The van der Waals surface area contributed by atoms with Gasteiger partial charge in [-0.25, -0.2) is 8.78 Å². The Morgan fingerprint density at radius 3 is 2.40 bits per heavy atom. The van der Waals surface area contributed by atoms with E-state index in [0.717, 1.165) is 0 Å². The fraction of sp³-hybridized carbons (Fsp3) is 0.900. The molecule has 2 aliphatic rings. The van der Waals surface area contributed by atoms with Crippen LogP contribution in [0, 0.1) is 17.3 Å². The Labute approximate surface area is 87.0 Å². The number of rotatable bonds is 3. The maximum atomic E-state index is 13.0. The molecule has 0 aromatic carbocycles. The fourth-order valence-electron chi connectivity index (χ4n) is 2.64. The van der Waals surface area contributed by atoms with E-state index in [4.69, 9.17) is 10.5 Å². The van der Waals surface area contributed by atoms with Gasteiger partial charge in [0.2, 0.25) is 0 Å². The maximum absolute atomic E-state index is 13.0. The molecular formula is C10H15F2NO2. The minimum absolute atomic E-state index is 0.106. The Morgan fingerprint density at radius 2 is 2.00 bits per heavy atom. The molecule has 0 bridgehead atoms. The zero-order valence-electron chi connectivity index (χ0n) is 8.63. The van der Waals surface area contributed by atoms with E-state index in [-0.39, 0.29) is 26.0 Å². The molecule has 0 aromatic rings. The summed E-state index contributed by atoms with van der Waals surface area (Å²) in [6.07, 6.45) is 0.361. The topological polar surface area (TPSA) is 52.3 Å². The summed E-state index contributed by atoms with van der Waals surface area (Å²) in [6.45, 7) is 2.08. The Kier molecular flexibility index (Phi) is 2.26. The molecule has 2 unspecified atom stereocenters. The summed E-state index contributed by atoms with van der Waals surface area (Å²) in [5.41, 5.74) is 4.69. The van der Waals surface area contributed by atoms with E-state index in [2.05, 4.69) is 0 Å². The molecule has 5 heteroatoms. The van der Waals surface area contributed by atoms with Crippen molar-refractivity contribution in [2.24, 2.45) is 23.0 Å². The number of carbonyl (C=O) groups is 1. The predicted molar refractivity (Wildman–Crippen MR) is 49.3 cm³/mol. The van der Waals surface area contributed by atoms with Gasteiger partial charge >= 0.3 is 5.97 Å². The first-order valence-electron chi connectivity index (χ1n) is 5.23. The SMILES string of the molecule is CCOC(=O)C1(CN)CC2C(C1)C2(F)F. The number of carbonyl (C=O) groups excluding carboxylic acids is 1. The third-order valence-electron chi connectivity index (χ3n) is 3.69. The molecule has 2 saturated carbocycles. The van der Waals surface area contributed by atoms with Crippen molar-refractivity contribution in [2.45, 2.75) is 25.7 Å². The first-order chi connectivity index (χ1) is 6.98. The van der Waals surface area contributed by atoms with E-state index >= 15 is 0 Å². The van der Waals surface area contributed by atoms with Crippen molar-refractivity contribution in [3.8, 4) is 0 Å². The standard InChI is InChI=1S/C10H15F2NO2/c1-2-15-8(14)9(5-13)3-6-7(4-9)10(6,11)12/h6-7H,2-5,13H2,1H3. The highest BCUT2D eigenvalue weighted by atomic mass is 19.3. The van der Waals surface area contributed by atoms with Gasteiger partial charge in [-0.1, -0.05) is 0 Å². The van der Waals surface area contributed by atoms with Crippen molar-refractivity contribution in [2.75, 3.05) is 13.2 Å². The van der Waals surface area contributed by atoms with Crippen LogP contribution >= 0.6 is 0 Å².